The van der Waals surface area contributed by atoms with Gasteiger partial charge in [0.15, 0.2) is 0 Å². The van der Waals surface area contributed by atoms with E-state index in [2.05, 4.69) is 36.6 Å². The van der Waals surface area contributed by atoms with E-state index >= 15 is 0 Å². The molecule has 1 aromatic rings. The molecule has 3 N–H and O–H groups in total. The van der Waals surface area contributed by atoms with Gasteiger partial charge in [0.1, 0.15) is 0 Å². The van der Waals surface area contributed by atoms with Crippen molar-refractivity contribution in [3.05, 3.63) is 35.4 Å². The molecule has 2 aliphatic carbocycles. The molecule has 0 bridgehead atoms. The number of hydrogen-bond donors (Lipinski definition) is 2. The van der Waals surface area contributed by atoms with E-state index in [1.807, 2.05) is 0 Å². The zero-order valence-electron chi connectivity index (χ0n) is 13.4. The molecular formula is C19H30N2. The average molecular weight is 286 g/mol. The van der Waals surface area contributed by atoms with Crippen LogP contribution >= 0.6 is 0 Å². The summed E-state index contributed by atoms with van der Waals surface area (Å²) < 4.78 is 0. The molecule has 0 saturated heterocycles. The van der Waals surface area contributed by atoms with E-state index in [0.717, 1.165) is 11.8 Å². The Morgan fingerprint density at radius 1 is 1.14 bits per heavy atom. The lowest BCUT2D eigenvalue weighted by Crippen LogP contribution is -2.48. The van der Waals surface area contributed by atoms with Crippen LogP contribution in [-0.4, -0.2) is 6.04 Å². The Labute approximate surface area is 129 Å². The van der Waals surface area contributed by atoms with Crippen molar-refractivity contribution in [2.75, 3.05) is 0 Å². The summed E-state index contributed by atoms with van der Waals surface area (Å²) in [6, 6.07) is 9.47. The predicted molar refractivity (Wildman–Crippen MR) is 88.8 cm³/mol. The molecule has 4 unspecified atom stereocenters. The highest BCUT2D eigenvalue weighted by Crippen LogP contribution is 2.38. The molecule has 2 aliphatic rings. The molecule has 0 aliphatic heterocycles. The molecular weight excluding hydrogens is 256 g/mol. The molecule has 1 aromatic carbocycles. The normalized spacial score (nSPS) is 30.7. The van der Waals surface area contributed by atoms with Crippen LogP contribution in [0.3, 0.4) is 0 Å². The van der Waals surface area contributed by atoms with E-state index in [-0.39, 0.29) is 0 Å². The summed E-state index contributed by atoms with van der Waals surface area (Å²) in [6.45, 7) is 2.34. The first kappa shape index (κ1) is 15.1. The molecule has 0 spiro atoms. The zero-order valence-corrected chi connectivity index (χ0v) is 13.4. The summed E-state index contributed by atoms with van der Waals surface area (Å²) in [4.78, 5) is 0. The fourth-order valence-corrected chi connectivity index (χ4v) is 4.72. The lowest BCUT2D eigenvalue weighted by molar-refractivity contribution is 0.159. The number of rotatable bonds is 4. The summed E-state index contributed by atoms with van der Waals surface area (Å²) in [5.41, 5.74) is 6.32. The van der Waals surface area contributed by atoms with E-state index in [1.165, 1.54) is 51.4 Å². The lowest BCUT2D eigenvalue weighted by atomic mass is 9.70. The first-order valence-electron chi connectivity index (χ1n) is 8.84. The SMILES string of the molecule is CCC1CCCC(C(NN)C2CCc3ccccc3C2)C1. The van der Waals surface area contributed by atoms with Crippen molar-refractivity contribution < 1.29 is 0 Å². The monoisotopic (exact) mass is 286 g/mol. The topological polar surface area (TPSA) is 38.0 Å². The summed E-state index contributed by atoms with van der Waals surface area (Å²) in [7, 11) is 0. The van der Waals surface area contributed by atoms with Crippen LogP contribution in [0.4, 0.5) is 0 Å². The van der Waals surface area contributed by atoms with Crippen LogP contribution in [0.2, 0.25) is 0 Å². The second kappa shape index (κ2) is 6.93. The average Bonchev–Trinajstić information content (AvgIpc) is 2.56. The Kier molecular flexibility index (Phi) is 4.97. The Bertz CT molecular complexity index is 457. The maximum absolute atomic E-state index is 5.99. The van der Waals surface area contributed by atoms with Gasteiger partial charge in [-0.05, 0) is 61.0 Å². The zero-order chi connectivity index (χ0) is 14.7. The first-order chi connectivity index (χ1) is 10.3. The van der Waals surface area contributed by atoms with Crippen molar-refractivity contribution in [1.29, 1.82) is 0 Å². The number of hydrazine groups is 1. The van der Waals surface area contributed by atoms with Gasteiger partial charge in [0.05, 0.1) is 0 Å². The van der Waals surface area contributed by atoms with E-state index in [9.17, 15) is 0 Å². The predicted octanol–water partition coefficient (Wildman–Crippen LogP) is 3.84. The van der Waals surface area contributed by atoms with Crippen molar-refractivity contribution >= 4 is 0 Å². The van der Waals surface area contributed by atoms with E-state index in [0.29, 0.717) is 12.0 Å². The quantitative estimate of drug-likeness (QED) is 0.652. The largest absolute Gasteiger partial charge is 0.271 e. The Hall–Kier alpha value is -0.860. The summed E-state index contributed by atoms with van der Waals surface area (Å²) in [6.07, 6.45) is 10.6. The molecule has 4 atom stereocenters. The molecule has 0 aromatic heterocycles. The molecule has 0 amide bonds. The molecule has 0 radical (unpaired) electrons. The van der Waals surface area contributed by atoms with Crippen LogP contribution in [-0.2, 0) is 12.8 Å². The van der Waals surface area contributed by atoms with Crippen molar-refractivity contribution in [2.24, 2.45) is 23.6 Å². The molecule has 1 saturated carbocycles. The minimum absolute atomic E-state index is 0.507. The van der Waals surface area contributed by atoms with Gasteiger partial charge >= 0.3 is 0 Å². The third kappa shape index (κ3) is 3.32. The van der Waals surface area contributed by atoms with Crippen molar-refractivity contribution in [2.45, 2.75) is 64.3 Å². The third-order valence-electron chi connectivity index (χ3n) is 5.99. The van der Waals surface area contributed by atoms with Crippen molar-refractivity contribution in [3.8, 4) is 0 Å². The lowest BCUT2D eigenvalue weighted by Gasteiger charge is -2.40. The van der Waals surface area contributed by atoms with Crippen LogP contribution in [0.25, 0.3) is 0 Å². The van der Waals surface area contributed by atoms with Crippen LogP contribution in [0.5, 0.6) is 0 Å². The smallest absolute Gasteiger partial charge is 0.0270 e. The minimum atomic E-state index is 0.507. The van der Waals surface area contributed by atoms with Gasteiger partial charge in [-0.15, -0.1) is 0 Å². The van der Waals surface area contributed by atoms with Gasteiger partial charge in [0, 0.05) is 6.04 Å². The molecule has 1 fully saturated rings. The fourth-order valence-electron chi connectivity index (χ4n) is 4.72. The second-order valence-corrected chi connectivity index (χ2v) is 7.16. The molecule has 2 heteroatoms. The second-order valence-electron chi connectivity index (χ2n) is 7.16. The molecule has 21 heavy (non-hydrogen) atoms. The summed E-state index contributed by atoms with van der Waals surface area (Å²) in [5.74, 6) is 8.41. The van der Waals surface area contributed by atoms with Crippen LogP contribution < -0.4 is 11.3 Å². The summed E-state index contributed by atoms with van der Waals surface area (Å²) in [5, 5.41) is 0. The van der Waals surface area contributed by atoms with Gasteiger partial charge in [-0.1, -0.05) is 50.5 Å². The molecule has 3 rings (SSSR count). The molecule has 2 nitrogen and oxygen atoms in total. The van der Waals surface area contributed by atoms with Gasteiger partial charge in [-0.3, -0.25) is 11.3 Å². The summed E-state index contributed by atoms with van der Waals surface area (Å²) >= 11 is 0. The van der Waals surface area contributed by atoms with Gasteiger partial charge < -0.3 is 0 Å². The van der Waals surface area contributed by atoms with E-state index in [1.54, 1.807) is 11.1 Å². The van der Waals surface area contributed by atoms with Gasteiger partial charge in [-0.25, -0.2) is 0 Å². The van der Waals surface area contributed by atoms with E-state index in [4.69, 9.17) is 5.84 Å². The Balaban J connectivity index is 1.69. The first-order valence-corrected chi connectivity index (χ1v) is 8.84. The third-order valence-corrected chi connectivity index (χ3v) is 5.99. The van der Waals surface area contributed by atoms with E-state index < -0.39 is 0 Å². The highest BCUT2D eigenvalue weighted by Gasteiger charge is 2.33. The standard InChI is InChI=1S/C19H30N2/c1-2-14-6-5-9-17(12-14)19(21-20)18-11-10-15-7-3-4-8-16(15)13-18/h3-4,7-8,14,17-19,21H,2,5-6,9-13,20H2,1H3. The molecule has 116 valence electrons. The maximum atomic E-state index is 5.99. The number of hydrogen-bond acceptors (Lipinski definition) is 2. The van der Waals surface area contributed by atoms with Gasteiger partial charge in [0.2, 0.25) is 0 Å². The Morgan fingerprint density at radius 2 is 1.95 bits per heavy atom. The highest BCUT2D eigenvalue weighted by atomic mass is 15.2. The van der Waals surface area contributed by atoms with Crippen molar-refractivity contribution in [3.63, 3.8) is 0 Å². The number of aryl methyl sites for hydroxylation is 1. The van der Waals surface area contributed by atoms with Gasteiger partial charge in [-0.2, -0.15) is 0 Å². The van der Waals surface area contributed by atoms with Crippen LogP contribution in [0.15, 0.2) is 24.3 Å². The Morgan fingerprint density at radius 3 is 2.71 bits per heavy atom. The maximum Gasteiger partial charge on any atom is 0.0270 e. The number of nitrogens with two attached hydrogens (primary N) is 1. The van der Waals surface area contributed by atoms with Crippen LogP contribution in [0, 0.1) is 17.8 Å². The van der Waals surface area contributed by atoms with Crippen molar-refractivity contribution in [1.82, 2.24) is 5.43 Å². The highest BCUT2D eigenvalue weighted by molar-refractivity contribution is 5.30. The number of fused-ring (bicyclic) bond motifs is 1. The number of nitrogens with one attached hydrogen (secondary N) is 1. The number of benzene rings is 1. The van der Waals surface area contributed by atoms with Gasteiger partial charge in [0.25, 0.3) is 0 Å². The fraction of sp³-hybridized carbons (Fsp3) is 0.684. The minimum Gasteiger partial charge on any atom is -0.271 e. The molecule has 0 heterocycles. The van der Waals surface area contributed by atoms with Crippen LogP contribution in [0.1, 0.15) is 56.6 Å².